The number of hydrogen-bond donors (Lipinski definition) is 3. The standard InChI is InChI=1S/C13H15NO6/c1-2-19-10-5-3-4-9(7-15)12(10)20-8-13(17,18)11(16)6-14/h3-5,7,11,16-18H,2,8H2,1H3. The first-order valence-corrected chi connectivity index (χ1v) is 5.82. The molecule has 108 valence electrons. The van der Waals surface area contributed by atoms with Crippen molar-refractivity contribution in [2.75, 3.05) is 13.2 Å². The number of para-hydroxylation sites is 1. The molecule has 0 spiro atoms. The molecule has 0 saturated heterocycles. The van der Waals surface area contributed by atoms with Gasteiger partial charge in [-0.05, 0) is 19.1 Å². The predicted molar refractivity (Wildman–Crippen MR) is 67.3 cm³/mol. The van der Waals surface area contributed by atoms with Crippen LogP contribution in [-0.4, -0.2) is 46.7 Å². The van der Waals surface area contributed by atoms with Crippen LogP contribution in [0, 0.1) is 11.3 Å². The first-order chi connectivity index (χ1) is 9.46. The SMILES string of the molecule is CCOc1cccc(C=O)c1OCC(O)(O)C(O)C#N. The van der Waals surface area contributed by atoms with E-state index in [1.807, 2.05) is 0 Å². The molecule has 0 aliphatic carbocycles. The molecule has 7 heteroatoms. The Morgan fingerprint density at radius 2 is 2.15 bits per heavy atom. The first kappa shape index (κ1) is 15.9. The van der Waals surface area contributed by atoms with Crippen LogP contribution in [0.5, 0.6) is 11.5 Å². The molecule has 0 aliphatic heterocycles. The highest BCUT2D eigenvalue weighted by Gasteiger charge is 2.35. The van der Waals surface area contributed by atoms with Gasteiger partial charge in [-0.25, -0.2) is 0 Å². The van der Waals surface area contributed by atoms with Crippen molar-refractivity contribution in [1.29, 1.82) is 5.26 Å². The van der Waals surface area contributed by atoms with E-state index in [0.29, 0.717) is 12.9 Å². The molecule has 0 amide bonds. The Hall–Kier alpha value is -2.14. The van der Waals surface area contributed by atoms with E-state index in [0.717, 1.165) is 0 Å². The van der Waals surface area contributed by atoms with E-state index < -0.39 is 18.5 Å². The van der Waals surface area contributed by atoms with E-state index in [-0.39, 0.29) is 17.1 Å². The Balaban J connectivity index is 2.97. The maximum atomic E-state index is 10.9. The molecule has 1 rings (SSSR count). The average Bonchev–Trinajstić information content (AvgIpc) is 2.44. The van der Waals surface area contributed by atoms with Crippen molar-refractivity contribution < 1.29 is 29.6 Å². The molecule has 0 aliphatic rings. The number of nitrogens with zero attached hydrogens (tertiary/aromatic N) is 1. The van der Waals surface area contributed by atoms with Gasteiger partial charge in [0.2, 0.25) is 5.79 Å². The topological polar surface area (TPSA) is 120 Å². The number of carbonyl (C=O) groups excluding carboxylic acids is 1. The molecular weight excluding hydrogens is 266 g/mol. The maximum absolute atomic E-state index is 10.9. The van der Waals surface area contributed by atoms with Crippen molar-refractivity contribution in [1.82, 2.24) is 0 Å². The molecule has 1 atom stereocenters. The van der Waals surface area contributed by atoms with Crippen molar-refractivity contribution in [3.8, 4) is 17.6 Å². The number of aliphatic hydroxyl groups is 3. The van der Waals surface area contributed by atoms with Gasteiger partial charge in [0, 0.05) is 0 Å². The van der Waals surface area contributed by atoms with E-state index in [2.05, 4.69) is 0 Å². The lowest BCUT2D eigenvalue weighted by molar-refractivity contribution is -0.224. The smallest absolute Gasteiger partial charge is 0.238 e. The van der Waals surface area contributed by atoms with Crippen molar-refractivity contribution in [2.24, 2.45) is 0 Å². The highest BCUT2D eigenvalue weighted by molar-refractivity contribution is 5.81. The molecule has 7 nitrogen and oxygen atoms in total. The summed E-state index contributed by atoms with van der Waals surface area (Å²) >= 11 is 0. The molecule has 0 saturated carbocycles. The molecule has 1 aromatic carbocycles. The van der Waals surface area contributed by atoms with Crippen molar-refractivity contribution in [3.63, 3.8) is 0 Å². The number of aliphatic hydroxyl groups excluding tert-OH is 1. The van der Waals surface area contributed by atoms with Crippen LogP contribution in [0.3, 0.4) is 0 Å². The second-order valence-corrected chi connectivity index (χ2v) is 3.92. The second-order valence-electron chi connectivity index (χ2n) is 3.92. The van der Waals surface area contributed by atoms with Crippen molar-refractivity contribution in [2.45, 2.75) is 18.8 Å². The Labute approximate surface area is 115 Å². The Morgan fingerprint density at radius 3 is 2.70 bits per heavy atom. The minimum absolute atomic E-state index is 0.0157. The number of rotatable bonds is 7. The number of benzene rings is 1. The minimum atomic E-state index is -2.76. The third-order valence-electron chi connectivity index (χ3n) is 2.43. The Bertz CT molecular complexity index is 508. The summed E-state index contributed by atoms with van der Waals surface area (Å²) < 4.78 is 10.4. The maximum Gasteiger partial charge on any atom is 0.238 e. The van der Waals surface area contributed by atoms with Crippen LogP contribution >= 0.6 is 0 Å². The molecule has 0 aromatic heterocycles. The number of aldehydes is 1. The zero-order valence-electron chi connectivity index (χ0n) is 10.8. The monoisotopic (exact) mass is 281 g/mol. The largest absolute Gasteiger partial charge is 0.490 e. The summed E-state index contributed by atoms with van der Waals surface area (Å²) in [7, 11) is 0. The van der Waals surface area contributed by atoms with Gasteiger partial charge in [-0.3, -0.25) is 4.79 Å². The summed E-state index contributed by atoms with van der Waals surface area (Å²) in [6, 6.07) is 5.87. The first-order valence-electron chi connectivity index (χ1n) is 5.82. The number of ether oxygens (including phenoxy) is 2. The highest BCUT2D eigenvalue weighted by Crippen LogP contribution is 2.31. The summed E-state index contributed by atoms with van der Waals surface area (Å²) in [5, 5.41) is 36.5. The van der Waals surface area contributed by atoms with Crippen molar-refractivity contribution >= 4 is 6.29 Å². The van der Waals surface area contributed by atoms with Gasteiger partial charge in [-0.1, -0.05) is 6.07 Å². The van der Waals surface area contributed by atoms with Crippen LogP contribution in [0.25, 0.3) is 0 Å². The summed E-state index contributed by atoms with van der Waals surface area (Å²) in [6.45, 7) is 1.26. The predicted octanol–water partition coefficient (Wildman–Crippen LogP) is -0.158. The number of hydrogen-bond acceptors (Lipinski definition) is 7. The van der Waals surface area contributed by atoms with Crippen LogP contribution < -0.4 is 9.47 Å². The van der Waals surface area contributed by atoms with E-state index in [9.17, 15) is 15.0 Å². The molecule has 3 N–H and O–H groups in total. The lowest BCUT2D eigenvalue weighted by atomic mass is 10.1. The molecular formula is C13H15NO6. The third-order valence-corrected chi connectivity index (χ3v) is 2.43. The lowest BCUT2D eigenvalue weighted by Gasteiger charge is -2.24. The number of carbonyl (C=O) groups is 1. The molecule has 0 radical (unpaired) electrons. The third kappa shape index (κ3) is 3.68. The zero-order chi connectivity index (χ0) is 15.2. The summed E-state index contributed by atoms with van der Waals surface area (Å²) in [6.07, 6.45) is -1.52. The fourth-order valence-electron chi connectivity index (χ4n) is 1.41. The summed E-state index contributed by atoms with van der Waals surface area (Å²) in [5.74, 6) is -2.49. The molecule has 1 unspecified atom stereocenters. The molecule has 0 bridgehead atoms. The van der Waals surface area contributed by atoms with Crippen LogP contribution in [0.15, 0.2) is 18.2 Å². The molecule has 0 heterocycles. The van der Waals surface area contributed by atoms with Crippen LogP contribution in [0.2, 0.25) is 0 Å². The highest BCUT2D eigenvalue weighted by atomic mass is 16.6. The van der Waals surface area contributed by atoms with Crippen LogP contribution in [-0.2, 0) is 0 Å². The van der Waals surface area contributed by atoms with Gasteiger partial charge in [-0.2, -0.15) is 5.26 Å². The second kappa shape index (κ2) is 6.86. The van der Waals surface area contributed by atoms with Gasteiger partial charge < -0.3 is 24.8 Å². The van der Waals surface area contributed by atoms with E-state index in [1.54, 1.807) is 19.1 Å². The Morgan fingerprint density at radius 1 is 1.45 bits per heavy atom. The Kier molecular flexibility index (Phi) is 5.46. The zero-order valence-corrected chi connectivity index (χ0v) is 10.8. The van der Waals surface area contributed by atoms with Gasteiger partial charge in [-0.15, -0.1) is 0 Å². The van der Waals surface area contributed by atoms with E-state index in [4.69, 9.17) is 19.8 Å². The molecule has 1 aromatic rings. The van der Waals surface area contributed by atoms with Gasteiger partial charge in [0.25, 0.3) is 0 Å². The van der Waals surface area contributed by atoms with E-state index in [1.165, 1.54) is 12.1 Å². The molecule has 0 fully saturated rings. The number of nitriles is 1. The fourth-order valence-corrected chi connectivity index (χ4v) is 1.41. The average molecular weight is 281 g/mol. The summed E-state index contributed by atoms with van der Waals surface area (Å²) in [5.41, 5.74) is 0.151. The lowest BCUT2D eigenvalue weighted by Crippen LogP contribution is -2.46. The van der Waals surface area contributed by atoms with Gasteiger partial charge in [0.05, 0.1) is 18.2 Å². The summed E-state index contributed by atoms with van der Waals surface area (Å²) in [4.78, 5) is 10.9. The van der Waals surface area contributed by atoms with Gasteiger partial charge >= 0.3 is 0 Å². The van der Waals surface area contributed by atoms with Crippen LogP contribution in [0.4, 0.5) is 0 Å². The van der Waals surface area contributed by atoms with Gasteiger partial charge in [0.1, 0.15) is 6.61 Å². The minimum Gasteiger partial charge on any atom is -0.490 e. The molecule has 20 heavy (non-hydrogen) atoms. The quantitative estimate of drug-likeness (QED) is 0.361. The van der Waals surface area contributed by atoms with Crippen molar-refractivity contribution in [3.05, 3.63) is 23.8 Å². The van der Waals surface area contributed by atoms with E-state index >= 15 is 0 Å². The fraction of sp³-hybridized carbons (Fsp3) is 0.385. The van der Waals surface area contributed by atoms with Gasteiger partial charge in [0.15, 0.2) is 23.9 Å². The normalized spacial score (nSPS) is 12.3. The van der Waals surface area contributed by atoms with Crippen LogP contribution in [0.1, 0.15) is 17.3 Å².